The lowest BCUT2D eigenvalue weighted by Crippen LogP contribution is -2.28. The van der Waals surface area contributed by atoms with Gasteiger partial charge in [-0.05, 0) is 42.9 Å². The number of H-pyrrole nitrogens is 1. The molecule has 20 heavy (non-hydrogen) atoms. The average Bonchev–Trinajstić information content (AvgIpc) is 3.09. The van der Waals surface area contributed by atoms with E-state index in [0.29, 0.717) is 6.42 Å². The van der Waals surface area contributed by atoms with E-state index in [2.05, 4.69) is 33.5 Å². The number of amides is 1. The van der Waals surface area contributed by atoms with Crippen molar-refractivity contribution in [3.05, 3.63) is 53.1 Å². The molecule has 0 saturated carbocycles. The Labute approximate surface area is 118 Å². The molecule has 2 aromatic rings. The van der Waals surface area contributed by atoms with E-state index >= 15 is 0 Å². The molecule has 1 amide bonds. The normalized spacial score (nSPS) is 14.8. The van der Waals surface area contributed by atoms with E-state index in [9.17, 15) is 4.79 Å². The molecule has 1 aromatic heterocycles. The van der Waals surface area contributed by atoms with Gasteiger partial charge in [0.05, 0.1) is 12.5 Å². The highest BCUT2D eigenvalue weighted by molar-refractivity contribution is 5.79. The van der Waals surface area contributed by atoms with Gasteiger partial charge in [-0.2, -0.15) is 0 Å². The number of aromatic nitrogens is 2. The number of nitrogens with one attached hydrogen (secondary N) is 2. The number of imidazole rings is 1. The number of hydrogen-bond acceptors (Lipinski definition) is 2. The predicted molar refractivity (Wildman–Crippen MR) is 77.3 cm³/mol. The minimum absolute atomic E-state index is 0.0341. The van der Waals surface area contributed by atoms with Gasteiger partial charge in [0.15, 0.2) is 0 Å². The van der Waals surface area contributed by atoms with Crippen molar-refractivity contribution in [3.8, 4) is 0 Å². The maximum atomic E-state index is 12.1. The highest BCUT2D eigenvalue weighted by Gasteiger charge is 2.14. The van der Waals surface area contributed by atoms with Crippen molar-refractivity contribution in [1.29, 1.82) is 0 Å². The van der Waals surface area contributed by atoms with E-state index in [-0.39, 0.29) is 11.9 Å². The van der Waals surface area contributed by atoms with Crippen molar-refractivity contribution in [1.82, 2.24) is 15.3 Å². The van der Waals surface area contributed by atoms with Crippen molar-refractivity contribution in [3.63, 3.8) is 0 Å². The molecule has 0 saturated heterocycles. The molecule has 1 heterocycles. The number of hydrogen-bond donors (Lipinski definition) is 2. The van der Waals surface area contributed by atoms with E-state index in [0.717, 1.165) is 17.8 Å². The molecule has 1 unspecified atom stereocenters. The quantitative estimate of drug-likeness (QED) is 0.895. The van der Waals surface area contributed by atoms with Crippen LogP contribution in [0, 0.1) is 0 Å². The summed E-state index contributed by atoms with van der Waals surface area (Å²) in [6, 6.07) is 6.33. The van der Waals surface area contributed by atoms with E-state index in [1.807, 2.05) is 6.92 Å². The molecule has 0 radical (unpaired) electrons. The minimum Gasteiger partial charge on any atom is -0.347 e. The monoisotopic (exact) mass is 269 g/mol. The number of benzene rings is 1. The summed E-state index contributed by atoms with van der Waals surface area (Å²) in [5.41, 5.74) is 3.95. The fourth-order valence-corrected chi connectivity index (χ4v) is 2.80. The lowest BCUT2D eigenvalue weighted by molar-refractivity contribution is -0.121. The summed E-state index contributed by atoms with van der Waals surface area (Å²) in [5, 5.41) is 2.97. The summed E-state index contributed by atoms with van der Waals surface area (Å²) in [6.07, 6.45) is 7.45. The summed E-state index contributed by atoms with van der Waals surface area (Å²) >= 11 is 0. The molecule has 0 spiro atoms. The van der Waals surface area contributed by atoms with Crippen LogP contribution in [-0.4, -0.2) is 15.9 Å². The van der Waals surface area contributed by atoms with Gasteiger partial charge >= 0.3 is 0 Å². The van der Waals surface area contributed by atoms with Gasteiger partial charge in [0, 0.05) is 12.4 Å². The van der Waals surface area contributed by atoms with Crippen LogP contribution in [0.15, 0.2) is 30.6 Å². The molecule has 3 rings (SSSR count). The second-order valence-corrected chi connectivity index (χ2v) is 5.40. The molecule has 1 aliphatic carbocycles. The Morgan fingerprint density at radius 1 is 1.40 bits per heavy atom. The number of carbonyl (C=O) groups excluding carboxylic acids is 1. The fraction of sp³-hybridized carbons (Fsp3) is 0.375. The van der Waals surface area contributed by atoms with Gasteiger partial charge in [-0.15, -0.1) is 0 Å². The number of aryl methyl sites for hydroxylation is 2. The zero-order valence-corrected chi connectivity index (χ0v) is 11.6. The Bertz CT molecular complexity index is 604. The van der Waals surface area contributed by atoms with Crippen LogP contribution in [-0.2, 0) is 24.1 Å². The van der Waals surface area contributed by atoms with Crippen LogP contribution in [0.2, 0.25) is 0 Å². The van der Waals surface area contributed by atoms with Gasteiger partial charge in [0.2, 0.25) is 5.91 Å². The Morgan fingerprint density at radius 2 is 2.25 bits per heavy atom. The molecule has 104 valence electrons. The molecule has 0 bridgehead atoms. The van der Waals surface area contributed by atoms with Gasteiger partial charge in [-0.25, -0.2) is 4.98 Å². The van der Waals surface area contributed by atoms with Crippen LogP contribution in [0.5, 0.6) is 0 Å². The predicted octanol–water partition coefficient (Wildman–Crippen LogP) is 2.32. The van der Waals surface area contributed by atoms with Crippen molar-refractivity contribution < 1.29 is 4.79 Å². The zero-order chi connectivity index (χ0) is 13.9. The third kappa shape index (κ3) is 2.74. The second kappa shape index (κ2) is 5.49. The lowest BCUT2D eigenvalue weighted by Gasteiger charge is -2.12. The second-order valence-electron chi connectivity index (χ2n) is 5.40. The molecular formula is C16H19N3O. The maximum Gasteiger partial charge on any atom is 0.224 e. The first-order valence-electron chi connectivity index (χ1n) is 7.11. The topological polar surface area (TPSA) is 57.8 Å². The van der Waals surface area contributed by atoms with Crippen LogP contribution in [0.1, 0.15) is 41.9 Å². The SMILES string of the molecule is CC(NC(=O)Cc1ccc2c(c1)CCC2)c1ncc[nH]1. The molecule has 0 fully saturated rings. The van der Waals surface area contributed by atoms with E-state index in [1.165, 1.54) is 24.0 Å². The summed E-state index contributed by atoms with van der Waals surface area (Å²) in [5.74, 6) is 0.819. The molecule has 1 aliphatic rings. The molecule has 4 nitrogen and oxygen atoms in total. The largest absolute Gasteiger partial charge is 0.347 e. The fourth-order valence-electron chi connectivity index (χ4n) is 2.80. The van der Waals surface area contributed by atoms with Crippen LogP contribution >= 0.6 is 0 Å². The van der Waals surface area contributed by atoms with Crippen molar-refractivity contribution in [2.45, 2.75) is 38.6 Å². The highest BCUT2D eigenvalue weighted by atomic mass is 16.1. The third-order valence-corrected chi connectivity index (χ3v) is 3.83. The lowest BCUT2D eigenvalue weighted by atomic mass is 10.0. The standard InChI is InChI=1S/C16H19N3O/c1-11(16-17-7-8-18-16)19-15(20)10-12-5-6-13-3-2-4-14(13)9-12/h5-9,11H,2-4,10H2,1H3,(H,17,18)(H,19,20). The van der Waals surface area contributed by atoms with E-state index in [4.69, 9.17) is 0 Å². The summed E-state index contributed by atoms with van der Waals surface area (Å²) in [6.45, 7) is 1.93. The molecule has 1 atom stereocenters. The van der Waals surface area contributed by atoms with E-state index < -0.39 is 0 Å². The van der Waals surface area contributed by atoms with Crippen molar-refractivity contribution in [2.24, 2.45) is 0 Å². The molecule has 2 N–H and O–H groups in total. The first-order valence-corrected chi connectivity index (χ1v) is 7.11. The number of rotatable bonds is 4. The molecule has 0 aliphatic heterocycles. The van der Waals surface area contributed by atoms with Gasteiger partial charge in [-0.3, -0.25) is 4.79 Å². The van der Waals surface area contributed by atoms with Crippen LogP contribution in [0.4, 0.5) is 0 Å². The van der Waals surface area contributed by atoms with Gasteiger partial charge < -0.3 is 10.3 Å². The van der Waals surface area contributed by atoms with Gasteiger partial charge in [0.25, 0.3) is 0 Å². The minimum atomic E-state index is -0.0908. The number of aromatic amines is 1. The highest BCUT2D eigenvalue weighted by Crippen LogP contribution is 2.23. The molecular weight excluding hydrogens is 250 g/mol. The first-order chi connectivity index (χ1) is 9.72. The summed E-state index contributed by atoms with van der Waals surface area (Å²) in [7, 11) is 0. The number of nitrogens with zero attached hydrogens (tertiary/aromatic N) is 1. The summed E-state index contributed by atoms with van der Waals surface area (Å²) in [4.78, 5) is 19.2. The average molecular weight is 269 g/mol. The molecule has 4 heteroatoms. The maximum absolute atomic E-state index is 12.1. The van der Waals surface area contributed by atoms with Gasteiger partial charge in [0.1, 0.15) is 5.82 Å². The Morgan fingerprint density at radius 3 is 3.05 bits per heavy atom. The summed E-state index contributed by atoms with van der Waals surface area (Å²) < 4.78 is 0. The van der Waals surface area contributed by atoms with Crippen LogP contribution in [0.25, 0.3) is 0 Å². The van der Waals surface area contributed by atoms with E-state index in [1.54, 1.807) is 12.4 Å². The third-order valence-electron chi connectivity index (χ3n) is 3.83. The van der Waals surface area contributed by atoms with Gasteiger partial charge in [-0.1, -0.05) is 18.2 Å². The van der Waals surface area contributed by atoms with Crippen molar-refractivity contribution in [2.75, 3.05) is 0 Å². The first kappa shape index (κ1) is 12.9. The number of fused-ring (bicyclic) bond motifs is 1. The Kier molecular flexibility index (Phi) is 3.54. The number of carbonyl (C=O) groups is 1. The Hall–Kier alpha value is -2.10. The molecule has 1 aromatic carbocycles. The smallest absolute Gasteiger partial charge is 0.224 e. The zero-order valence-electron chi connectivity index (χ0n) is 11.6. The van der Waals surface area contributed by atoms with Crippen molar-refractivity contribution >= 4 is 5.91 Å². The Balaban J connectivity index is 1.61. The van der Waals surface area contributed by atoms with Crippen LogP contribution < -0.4 is 5.32 Å². The van der Waals surface area contributed by atoms with Crippen LogP contribution in [0.3, 0.4) is 0 Å².